The van der Waals surface area contributed by atoms with Gasteiger partial charge in [0.15, 0.2) is 11.9 Å². The van der Waals surface area contributed by atoms with Crippen molar-refractivity contribution in [3.05, 3.63) is 58.4 Å². The number of hydrogen-bond donors (Lipinski definition) is 5. The van der Waals surface area contributed by atoms with E-state index in [0.29, 0.717) is 16.8 Å². The maximum Gasteiger partial charge on any atom is 0.488 e. The summed E-state index contributed by atoms with van der Waals surface area (Å²) >= 11 is 3.11. The molecule has 28 heavy (non-hydrogen) atoms. The maximum atomic E-state index is 13.4. The van der Waals surface area contributed by atoms with Gasteiger partial charge >= 0.3 is 7.12 Å². The lowest BCUT2D eigenvalue weighted by molar-refractivity contribution is -0.0968. The van der Waals surface area contributed by atoms with Gasteiger partial charge in [-0.1, -0.05) is 12.1 Å². The molecular formula is C16H16BBrFN5O4. The molecule has 1 atom stereocenters. The fourth-order valence-corrected chi connectivity index (χ4v) is 2.80. The maximum absolute atomic E-state index is 13.4. The Morgan fingerprint density at radius 3 is 2.43 bits per heavy atom. The van der Waals surface area contributed by atoms with E-state index in [1.807, 2.05) is 0 Å². The van der Waals surface area contributed by atoms with Crippen molar-refractivity contribution in [1.82, 2.24) is 15.4 Å². The second kappa shape index (κ2) is 8.67. The Hall–Kier alpha value is -2.51. The summed E-state index contributed by atoms with van der Waals surface area (Å²) in [6, 6.07) is 10.6. The predicted octanol–water partition coefficient (Wildman–Crippen LogP) is 1.83. The van der Waals surface area contributed by atoms with Crippen LogP contribution in [0.3, 0.4) is 0 Å². The van der Waals surface area contributed by atoms with Crippen molar-refractivity contribution >= 4 is 45.7 Å². The number of halogens is 2. The van der Waals surface area contributed by atoms with Crippen molar-refractivity contribution in [2.75, 3.05) is 17.7 Å². The zero-order valence-corrected chi connectivity index (χ0v) is 16.1. The molecule has 0 bridgehead atoms. The summed E-state index contributed by atoms with van der Waals surface area (Å²) in [7, 11) is -0.156. The highest BCUT2D eigenvalue weighted by Gasteiger charge is 2.25. The minimum atomic E-state index is -1.56. The number of aromatic nitrogens is 2. The predicted molar refractivity (Wildman–Crippen MR) is 104 cm³/mol. The summed E-state index contributed by atoms with van der Waals surface area (Å²) in [6.45, 7) is 0. The number of nitrogens with zero attached hydrogens (tertiary/aromatic N) is 3. The summed E-state index contributed by atoms with van der Waals surface area (Å²) < 4.78 is 18.5. The number of hydrogen-bond acceptors (Lipinski definition) is 9. The van der Waals surface area contributed by atoms with Crippen LogP contribution in [-0.4, -0.2) is 44.8 Å². The molecule has 12 heteroatoms. The summed E-state index contributed by atoms with van der Waals surface area (Å²) in [5, 5.41) is 42.9. The van der Waals surface area contributed by atoms with E-state index in [9.17, 15) is 9.60 Å². The second-order valence-corrected chi connectivity index (χ2v) is 6.72. The van der Waals surface area contributed by atoms with Gasteiger partial charge in [0.2, 0.25) is 5.82 Å². The highest BCUT2D eigenvalue weighted by molar-refractivity contribution is 9.10. The quantitative estimate of drug-likeness (QED) is 0.207. The minimum Gasteiger partial charge on any atom is -0.423 e. The van der Waals surface area contributed by atoms with Crippen LogP contribution in [0.4, 0.5) is 21.6 Å². The Labute approximate surface area is 168 Å². The Morgan fingerprint density at radius 2 is 1.82 bits per heavy atom. The molecule has 0 saturated carbocycles. The van der Waals surface area contributed by atoms with Gasteiger partial charge in [0.25, 0.3) is 0 Å². The van der Waals surface area contributed by atoms with Gasteiger partial charge in [0.05, 0.1) is 4.47 Å². The third-order valence-electron chi connectivity index (χ3n) is 3.84. The molecule has 0 amide bonds. The van der Waals surface area contributed by atoms with E-state index in [-0.39, 0.29) is 16.0 Å². The van der Waals surface area contributed by atoms with Gasteiger partial charge in [-0.05, 0) is 62.0 Å². The highest BCUT2D eigenvalue weighted by Crippen LogP contribution is 2.28. The van der Waals surface area contributed by atoms with E-state index < -0.39 is 19.1 Å². The van der Waals surface area contributed by atoms with Gasteiger partial charge in [-0.15, -0.1) is 0 Å². The third-order valence-corrected chi connectivity index (χ3v) is 4.45. The fraction of sp³-hybridized carbons (Fsp3) is 0.125. The molecule has 146 valence electrons. The molecule has 3 rings (SSSR count). The molecule has 0 aliphatic rings. The number of rotatable bonds is 7. The van der Waals surface area contributed by atoms with Crippen LogP contribution in [0.5, 0.6) is 0 Å². The first-order valence-electron chi connectivity index (χ1n) is 8.04. The van der Waals surface area contributed by atoms with Crippen LogP contribution in [-0.2, 0) is 0 Å². The van der Waals surface area contributed by atoms with Crippen molar-refractivity contribution in [2.24, 2.45) is 0 Å². The van der Waals surface area contributed by atoms with Crippen LogP contribution in [0.15, 0.2) is 51.6 Å². The first-order valence-corrected chi connectivity index (χ1v) is 8.83. The van der Waals surface area contributed by atoms with Crippen molar-refractivity contribution in [3.8, 4) is 0 Å². The van der Waals surface area contributed by atoms with Crippen molar-refractivity contribution in [1.29, 1.82) is 0 Å². The van der Waals surface area contributed by atoms with Gasteiger partial charge in [-0.3, -0.25) is 0 Å². The van der Waals surface area contributed by atoms with E-state index in [1.54, 1.807) is 12.1 Å². The zero-order valence-electron chi connectivity index (χ0n) is 14.5. The molecule has 0 fully saturated rings. The Balaban J connectivity index is 1.83. The van der Waals surface area contributed by atoms with Crippen LogP contribution in [0.25, 0.3) is 0 Å². The second-order valence-electron chi connectivity index (χ2n) is 5.87. The highest BCUT2D eigenvalue weighted by atomic mass is 79.9. The van der Waals surface area contributed by atoms with Crippen LogP contribution >= 0.6 is 15.9 Å². The molecule has 1 unspecified atom stereocenters. The van der Waals surface area contributed by atoms with Gasteiger partial charge < -0.3 is 25.9 Å². The van der Waals surface area contributed by atoms with E-state index >= 15 is 0 Å². The number of anilines is 3. The van der Waals surface area contributed by atoms with Gasteiger partial charge in [0, 0.05) is 18.4 Å². The molecule has 0 aliphatic heterocycles. The molecule has 3 aromatic rings. The largest absolute Gasteiger partial charge is 0.488 e. The molecule has 5 N–H and O–H groups in total. The average Bonchev–Trinajstić information content (AvgIpc) is 3.10. The average molecular weight is 452 g/mol. The van der Waals surface area contributed by atoms with Gasteiger partial charge in [-0.25, -0.2) is 9.02 Å². The molecule has 0 saturated heterocycles. The third kappa shape index (κ3) is 4.66. The van der Waals surface area contributed by atoms with Crippen LogP contribution in [0.1, 0.15) is 11.9 Å². The molecule has 0 spiro atoms. The molecule has 0 aliphatic carbocycles. The van der Waals surface area contributed by atoms with E-state index in [0.717, 1.165) is 5.06 Å². The standard InChI is InChI=1S/C16H16BBrFN5O4/c1-24(27)16(21-11-6-7-13(19)12(18)8-11)14-15(23-28-22-14)20-10-4-2-9(3-5-10)17(25)26/h2-8,16,21,25-27H,1H3,(H,20,23). The Morgan fingerprint density at radius 1 is 1.14 bits per heavy atom. The van der Waals surface area contributed by atoms with Gasteiger partial charge in [-0.2, -0.15) is 5.06 Å². The molecule has 0 radical (unpaired) electrons. The van der Waals surface area contributed by atoms with Crippen LogP contribution in [0, 0.1) is 5.82 Å². The minimum absolute atomic E-state index is 0.233. The summed E-state index contributed by atoms with van der Waals surface area (Å²) in [4.78, 5) is 0. The zero-order chi connectivity index (χ0) is 20.3. The Kier molecular flexibility index (Phi) is 6.26. The normalized spacial score (nSPS) is 12.1. The SMILES string of the molecule is CN(O)C(Nc1ccc(F)c(Br)c1)c1nonc1Nc1ccc(B(O)O)cc1. The summed E-state index contributed by atoms with van der Waals surface area (Å²) in [6.07, 6.45) is -0.857. The Bertz CT molecular complexity index is 941. The monoisotopic (exact) mass is 451 g/mol. The van der Waals surface area contributed by atoms with Crippen LogP contribution in [0.2, 0.25) is 0 Å². The molecule has 1 aromatic heterocycles. The van der Waals surface area contributed by atoms with E-state index in [1.165, 1.54) is 37.4 Å². The lowest BCUT2D eigenvalue weighted by Crippen LogP contribution is -2.29. The summed E-state index contributed by atoms with van der Waals surface area (Å²) in [5.41, 5.74) is 1.69. The lowest BCUT2D eigenvalue weighted by atomic mass is 9.80. The first kappa shape index (κ1) is 20.2. The van der Waals surface area contributed by atoms with Crippen LogP contribution < -0.4 is 16.1 Å². The van der Waals surface area contributed by atoms with Crippen molar-refractivity contribution in [3.63, 3.8) is 0 Å². The molecule has 1 heterocycles. The molecule has 2 aromatic carbocycles. The number of benzene rings is 2. The van der Waals surface area contributed by atoms with E-state index in [2.05, 4.69) is 36.9 Å². The fourth-order valence-electron chi connectivity index (χ4n) is 2.42. The van der Waals surface area contributed by atoms with Crippen molar-refractivity contribution < 1.29 is 24.3 Å². The first-order chi connectivity index (χ1) is 13.3. The summed E-state index contributed by atoms with van der Waals surface area (Å²) in [5.74, 6) is -0.182. The van der Waals surface area contributed by atoms with E-state index in [4.69, 9.17) is 14.7 Å². The molecular weight excluding hydrogens is 436 g/mol. The lowest BCUT2D eigenvalue weighted by Gasteiger charge is -2.23. The molecule has 9 nitrogen and oxygen atoms in total. The topological polar surface area (TPSA) is 127 Å². The van der Waals surface area contributed by atoms with Crippen molar-refractivity contribution in [2.45, 2.75) is 6.17 Å². The van der Waals surface area contributed by atoms with Gasteiger partial charge in [0.1, 0.15) is 5.82 Å². The smallest absolute Gasteiger partial charge is 0.423 e. The number of hydroxylamine groups is 2. The number of nitrogens with one attached hydrogen (secondary N) is 2.